The van der Waals surface area contributed by atoms with Gasteiger partial charge in [0.1, 0.15) is 5.82 Å². The van der Waals surface area contributed by atoms with Gasteiger partial charge in [0.2, 0.25) is 5.91 Å². The van der Waals surface area contributed by atoms with Crippen molar-refractivity contribution < 1.29 is 9.53 Å². The number of pyridine rings is 1. The second kappa shape index (κ2) is 8.28. The molecule has 1 aliphatic heterocycles. The molecule has 1 aliphatic carbocycles. The average Bonchev–Trinajstić information content (AvgIpc) is 3.13. The van der Waals surface area contributed by atoms with Crippen LogP contribution < -0.4 is 5.32 Å². The minimum absolute atomic E-state index is 0.154. The quantitative estimate of drug-likeness (QED) is 0.859. The van der Waals surface area contributed by atoms with Gasteiger partial charge < -0.3 is 10.1 Å². The maximum Gasteiger partial charge on any atom is 0.231 e. The Morgan fingerprint density at radius 2 is 1.96 bits per heavy atom. The molecule has 1 saturated carbocycles. The van der Waals surface area contributed by atoms with E-state index in [-0.39, 0.29) is 11.3 Å². The Morgan fingerprint density at radius 3 is 2.60 bits per heavy atom. The van der Waals surface area contributed by atoms with Crippen LogP contribution in [0.5, 0.6) is 0 Å². The van der Waals surface area contributed by atoms with E-state index in [1.807, 2.05) is 6.20 Å². The summed E-state index contributed by atoms with van der Waals surface area (Å²) in [4.78, 5) is 19.8. The van der Waals surface area contributed by atoms with Crippen LogP contribution in [0.1, 0.15) is 57.1 Å². The molecule has 5 nitrogen and oxygen atoms in total. The number of ether oxygens (including phenoxy) is 1. The molecule has 138 valence electrons. The Bertz CT molecular complexity index is 591. The molecule has 3 rings (SSSR count). The molecule has 1 saturated heterocycles. The molecule has 1 amide bonds. The molecule has 2 aliphatic rings. The van der Waals surface area contributed by atoms with Gasteiger partial charge in [0.15, 0.2) is 0 Å². The summed E-state index contributed by atoms with van der Waals surface area (Å²) in [5, 5.41) is 3.11. The zero-order valence-electron chi connectivity index (χ0n) is 15.6. The Kier molecular flexibility index (Phi) is 6.07. The first kappa shape index (κ1) is 18.3. The van der Waals surface area contributed by atoms with Gasteiger partial charge in [0.05, 0.1) is 13.2 Å². The molecule has 25 heavy (non-hydrogen) atoms. The zero-order chi connectivity index (χ0) is 17.7. The second-order valence-corrected chi connectivity index (χ2v) is 7.38. The molecular formula is C20H31N3O2. The number of anilines is 1. The van der Waals surface area contributed by atoms with Gasteiger partial charge in [-0.15, -0.1) is 0 Å². The SMILES string of the molecule is CCc1cnc(NC(=O)C2(CC)CCCC2)cc1CN1CCOCC1. The molecule has 1 N–H and O–H groups in total. The monoisotopic (exact) mass is 345 g/mol. The van der Waals surface area contributed by atoms with E-state index < -0.39 is 0 Å². The van der Waals surface area contributed by atoms with Crippen LogP contribution in [0.2, 0.25) is 0 Å². The molecule has 0 radical (unpaired) electrons. The van der Waals surface area contributed by atoms with Gasteiger partial charge in [-0.2, -0.15) is 0 Å². The summed E-state index contributed by atoms with van der Waals surface area (Å²) in [5.41, 5.74) is 2.34. The van der Waals surface area contributed by atoms with Crippen molar-refractivity contribution in [1.29, 1.82) is 0 Å². The normalized spacial score (nSPS) is 20.6. The van der Waals surface area contributed by atoms with E-state index in [0.717, 1.165) is 71.4 Å². The van der Waals surface area contributed by atoms with Gasteiger partial charge in [0.25, 0.3) is 0 Å². The zero-order valence-corrected chi connectivity index (χ0v) is 15.6. The van der Waals surface area contributed by atoms with Crippen molar-refractivity contribution in [3.63, 3.8) is 0 Å². The van der Waals surface area contributed by atoms with E-state index in [2.05, 4.69) is 35.1 Å². The number of carbonyl (C=O) groups is 1. The van der Waals surface area contributed by atoms with Gasteiger partial charge in [-0.05, 0) is 42.9 Å². The van der Waals surface area contributed by atoms with E-state index >= 15 is 0 Å². The van der Waals surface area contributed by atoms with Crippen LogP contribution in [0.3, 0.4) is 0 Å². The van der Waals surface area contributed by atoms with E-state index in [4.69, 9.17) is 4.74 Å². The number of rotatable bonds is 6. The van der Waals surface area contributed by atoms with Gasteiger partial charge in [0, 0.05) is 31.2 Å². The summed E-state index contributed by atoms with van der Waals surface area (Å²) in [6.07, 6.45) is 8.12. The lowest BCUT2D eigenvalue weighted by atomic mass is 9.82. The maximum absolute atomic E-state index is 12.8. The molecule has 2 fully saturated rings. The van der Waals surface area contributed by atoms with E-state index in [1.54, 1.807) is 0 Å². The van der Waals surface area contributed by atoms with Crippen LogP contribution in [0.15, 0.2) is 12.3 Å². The Balaban J connectivity index is 1.73. The Labute approximate surface area is 151 Å². The fourth-order valence-corrected chi connectivity index (χ4v) is 4.10. The minimum atomic E-state index is -0.185. The number of morpholine rings is 1. The lowest BCUT2D eigenvalue weighted by Gasteiger charge is -2.28. The standard InChI is InChI=1S/C20H31N3O2/c1-3-16-14-21-18(13-17(16)15-23-9-11-25-12-10-23)22-19(24)20(4-2)7-5-6-8-20/h13-14H,3-12,15H2,1-2H3,(H,21,22,24). The summed E-state index contributed by atoms with van der Waals surface area (Å²) in [7, 11) is 0. The number of amides is 1. The Morgan fingerprint density at radius 1 is 1.24 bits per heavy atom. The van der Waals surface area contributed by atoms with E-state index in [9.17, 15) is 4.79 Å². The fraction of sp³-hybridized carbons (Fsp3) is 0.700. The molecule has 0 spiro atoms. The summed E-state index contributed by atoms with van der Waals surface area (Å²) in [6.45, 7) is 8.71. The van der Waals surface area contributed by atoms with E-state index in [0.29, 0.717) is 5.82 Å². The average molecular weight is 345 g/mol. The van der Waals surface area contributed by atoms with Crippen LogP contribution in [0, 0.1) is 5.41 Å². The summed E-state index contributed by atoms with van der Waals surface area (Å²) in [5.74, 6) is 0.853. The number of nitrogens with one attached hydrogen (secondary N) is 1. The number of aryl methyl sites for hydroxylation is 1. The van der Waals surface area contributed by atoms with E-state index in [1.165, 1.54) is 11.1 Å². The first-order valence-corrected chi connectivity index (χ1v) is 9.76. The third-order valence-electron chi connectivity index (χ3n) is 5.92. The van der Waals surface area contributed by atoms with Gasteiger partial charge >= 0.3 is 0 Å². The van der Waals surface area contributed by atoms with Crippen molar-refractivity contribution in [3.05, 3.63) is 23.4 Å². The number of nitrogens with zero attached hydrogens (tertiary/aromatic N) is 2. The Hall–Kier alpha value is -1.46. The fourth-order valence-electron chi connectivity index (χ4n) is 4.10. The number of hydrogen-bond acceptors (Lipinski definition) is 4. The molecule has 0 aromatic carbocycles. The predicted molar refractivity (Wildman–Crippen MR) is 99.5 cm³/mol. The van der Waals surface area contributed by atoms with Gasteiger partial charge in [-0.1, -0.05) is 26.7 Å². The van der Waals surface area contributed by atoms with Crippen molar-refractivity contribution in [3.8, 4) is 0 Å². The van der Waals surface area contributed by atoms with Crippen molar-refractivity contribution in [1.82, 2.24) is 9.88 Å². The highest BCUT2D eigenvalue weighted by molar-refractivity contribution is 5.94. The molecule has 1 aromatic heterocycles. The lowest BCUT2D eigenvalue weighted by molar-refractivity contribution is -0.125. The summed E-state index contributed by atoms with van der Waals surface area (Å²) >= 11 is 0. The highest BCUT2D eigenvalue weighted by atomic mass is 16.5. The molecule has 0 unspecified atom stereocenters. The largest absolute Gasteiger partial charge is 0.379 e. The van der Waals surface area contributed by atoms with Crippen molar-refractivity contribution in [2.75, 3.05) is 31.6 Å². The predicted octanol–water partition coefficient (Wildman–Crippen LogP) is 3.39. The minimum Gasteiger partial charge on any atom is -0.379 e. The van der Waals surface area contributed by atoms with Gasteiger partial charge in [-0.3, -0.25) is 9.69 Å². The van der Waals surface area contributed by atoms with Gasteiger partial charge in [-0.25, -0.2) is 4.98 Å². The van der Waals surface area contributed by atoms with Crippen molar-refractivity contribution in [2.24, 2.45) is 5.41 Å². The molecule has 0 bridgehead atoms. The third-order valence-corrected chi connectivity index (χ3v) is 5.92. The molecular weight excluding hydrogens is 314 g/mol. The number of carbonyl (C=O) groups excluding carboxylic acids is 1. The van der Waals surface area contributed by atoms with Crippen LogP contribution in [-0.2, 0) is 22.5 Å². The highest BCUT2D eigenvalue weighted by Gasteiger charge is 2.39. The highest BCUT2D eigenvalue weighted by Crippen LogP contribution is 2.41. The maximum atomic E-state index is 12.8. The van der Waals surface area contributed by atoms with Crippen LogP contribution >= 0.6 is 0 Å². The topological polar surface area (TPSA) is 54.5 Å². The molecule has 0 atom stereocenters. The first-order valence-electron chi connectivity index (χ1n) is 9.76. The molecule has 2 heterocycles. The second-order valence-electron chi connectivity index (χ2n) is 7.38. The lowest BCUT2D eigenvalue weighted by Crippen LogP contribution is -2.36. The number of aromatic nitrogens is 1. The third kappa shape index (κ3) is 4.21. The van der Waals surface area contributed by atoms with Crippen molar-refractivity contribution >= 4 is 11.7 Å². The summed E-state index contributed by atoms with van der Waals surface area (Å²) in [6, 6.07) is 2.07. The summed E-state index contributed by atoms with van der Waals surface area (Å²) < 4.78 is 5.44. The van der Waals surface area contributed by atoms with Crippen LogP contribution in [-0.4, -0.2) is 42.1 Å². The van der Waals surface area contributed by atoms with Crippen LogP contribution in [0.4, 0.5) is 5.82 Å². The number of hydrogen-bond donors (Lipinski definition) is 1. The molecule has 1 aromatic rings. The molecule has 5 heteroatoms. The first-order chi connectivity index (χ1) is 12.2. The smallest absolute Gasteiger partial charge is 0.231 e. The van der Waals surface area contributed by atoms with Crippen molar-refractivity contribution in [2.45, 2.75) is 58.9 Å². The van der Waals surface area contributed by atoms with Crippen LogP contribution in [0.25, 0.3) is 0 Å².